The van der Waals surface area contributed by atoms with E-state index >= 15 is 0 Å². The Bertz CT molecular complexity index is 683. The predicted molar refractivity (Wildman–Crippen MR) is 76.7 cm³/mol. The van der Waals surface area contributed by atoms with Gasteiger partial charge in [0.05, 0.1) is 17.9 Å². The highest BCUT2D eigenvalue weighted by Gasteiger charge is 2.30. The molecule has 0 aliphatic rings. The first kappa shape index (κ1) is 17.0. The first-order chi connectivity index (χ1) is 10.8. The Morgan fingerprint density at radius 1 is 1.43 bits per heavy atom. The van der Waals surface area contributed by atoms with Crippen LogP contribution in [0.4, 0.5) is 13.2 Å². The molecule has 0 spiro atoms. The van der Waals surface area contributed by atoms with E-state index in [-0.39, 0.29) is 17.8 Å². The molecule has 124 valence electrons. The number of halogens is 3. The van der Waals surface area contributed by atoms with Crippen molar-refractivity contribution in [1.82, 2.24) is 15.3 Å². The number of carbonyl (C=O) groups is 1. The Morgan fingerprint density at radius 2 is 2.17 bits per heavy atom. The molecule has 1 atom stereocenters. The van der Waals surface area contributed by atoms with E-state index in [2.05, 4.69) is 15.3 Å². The quantitative estimate of drug-likeness (QED) is 0.789. The molecule has 5 nitrogen and oxygen atoms in total. The summed E-state index contributed by atoms with van der Waals surface area (Å²) < 4.78 is 37.9. The molecule has 0 saturated heterocycles. The van der Waals surface area contributed by atoms with Gasteiger partial charge in [-0.2, -0.15) is 13.2 Å². The summed E-state index contributed by atoms with van der Waals surface area (Å²) in [5.41, 5.74) is -0.529. The molecule has 0 saturated carbocycles. The number of amides is 1. The number of rotatable bonds is 5. The van der Waals surface area contributed by atoms with Crippen molar-refractivity contribution in [3.05, 3.63) is 53.1 Å². The normalized spacial score (nSPS) is 12.9. The van der Waals surface area contributed by atoms with Gasteiger partial charge in [-0.25, -0.2) is 4.98 Å². The van der Waals surface area contributed by atoms with E-state index in [1.165, 1.54) is 18.3 Å². The average Bonchev–Trinajstić information content (AvgIpc) is 3.00. The van der Waals surface area contributed by atoms with E-state index in [4.69, 9.17) is 0 Å². The molecular weight excluding hydrogens is 311 g/mol. The maximum absolute atomic E-state index is 12.6. The van der Waals surface area contributed by atoms with Crippen LogP contribution >= 0.6 is 0 Å². The molecule has 0 fully saturated rings. The highest BCUT2D eigenvalue weighted by atomic mass is 19.4. The summed E-state index contributed by atoms with van der Waals surface area (Å²) in [4.78, 5) is 18.6. The van der Waals surface area contributed by atoms with E-state index in [0.29, 0.717) is 12.2 Å². The van der Waals surface area contributed by atoms with Crippen molar-refractivity contribution in [3.8, 4) is 0 Å². The van der Waals surface area contributed by atoms with Crippen molar-refractivity contribution in [2.75, 3.05) is 6.54 Å². The lowest BCUT2D eigenvalue weighted by Crippen LogP contribution is -2.28. The molecule has 0 aliphatic carbocycles. The van der Waals surface area contributed by atoms with E-state index in [0.717, 1.165) is 12.1 Å². The predicted octanol–water partition coefficient (Wildman–Crippen LogP) is 2.45. The Labute approximate surface area is 130 Å². The van der Waals surface area contributed by atoms with Gasteiger partial charge in [0, 0.05) is 13.0 Å². The van der Waals surface area contributed by atoms with Crippen LogP contribution in [0.1, 0.15) is 40.5 Å². The van der Waals surface area contributed by atoms with Crippen molar-refractivity contribution in [3.63, 3.8) is 0 Å². The van der Waals surface area contributed by atoms with E-state index in [1.807, 2.05) is 6.92 Å². The van der Waals surface area contributed by atoms with Crippen molar-refractivity contribution in [2.45, 2.75) is 25.6 Å². The van der Waals surface area contributed by atoms with Gasteiger partial charge in [0.25, 0.3) is 5.91 Å². The van der Waals surface area contributed by atoms with E-state index < -0.39 is 23.8 Å². The van der Waals surface area contributed by atoms with Gasteiger partial charge in [0.15, 0.2) is 0 Å². The molecule has 2 aromatic rings. The molecule has 2 rings (SSSR count). The SMILES string of the molecule is CCc1ncc(C(=O)NCC(O)c2cccc(C(F)(F)F)c2)[nH]1. The largest absolute Gasteiger partial charge is 0.416 e. The fraction of sp³-hybridized carbons (Fsp3) is 0.333. The maximum Gasteiger partial charge on any atom is 0.416 e. The Morgan fingerprint density at radius 3 is 2.78 bits per heavy atom. The van der Waals surface area contributed by atoms with Crippen molar-refractivity contribution < 1.29 is 23.1 Å². The van der Waals surface area contributed by atoms with Crippen LogP contribution in [-0.4, -0.2) is 27.5 Å². The number of aromatic nitrogens is 2. The van der Waals surface area contributed by atoms with Gasteiger partial charge in [0.2, 0.25) is 0 Å². The van der Waals surface area contributed by atoms with E-state index in [1.54, 1.807) is 0 Å². The smallest absolute Gasteiger partial charge is 0.387 e. The summed E-state index contributed by atoms with van der Waals surface area (Å²) in [7, 11) is 0. The molecule has 1 unspecified atom stereocenters. The lowest BCUT2D eigenvalue weighted by molar-refractivity contribution is -0.137. The van der Waals surface area contributed by atoms with Crippen LogP contribution in [0.2, 0.25) is 0 Å². The molecule has 1 aromatic heterocycles. The first-order valence-electron chi connectivity index (χ1n) is 6.98. The zero-order valence-electron chi connectivity index (χ0n) is 12.3. The lowest BCUT2D eigenvalue weighted by atomic mass is 10.1. The lowest BCUT2D eigenvalue weighted by Gasteiger charge is -2.14. The molecule has 0 bridgehead atoms. The summed E-state index contributed by atoms with van der Waals surface area (Å²) in [5.74, 6) is 0.164. The fourth-order valence-corrected chi connectivity index (χ4v) is 1.98. The molecule has 3 N–H and O–H groups in total. The summed E-state index contributed by atoms with van der Waals surface area (Å²) in [5, 5.41) is 12.4. The van der Waals surface area contributed by atoms with Crippen LogP contribution in [0.25, 0.3) is 0 Å². The summed E-state index contributed by atoms with van der Waals surface area (Å²) in [6, 6.07) is 4.37. The van der Waals surface area contributed by atoms with E-state index in [9.17, 15) is 23.1 Å². The highest BCUT2D eigenvalue weighted by molar-refractivity contribution is 5.92. The average molecular weight is 327 g/mol. The van der Waals surface area contributed by atoms with Gasteiger partial charge in [-0.1, -0.05) is 19.1 Å². The van der Waals surface area contributed by atoms with Gasteiger partial charge in [-0.3, -0.25) is 4.79 Å². The standard InChI is InChI=1S/C15H16F3N3O2/c1-2-13-19-7-11(21-13)14(23)20-8-12(22)9-4-3-5-10(6-9)15(16,17)18/h3-7,12,22H,2,8H2,1H3,(H,19,21)(H,20,23). The number of hydrogen-bond donors (Lipinski definition) is 3. The van der Waals surface area contributed by atoms with Crippen molar-refractivity contribution in [1.29, 1.82) is 0 Å². The molecule has 23 heavy (non-hydrogen) atoms. The molecule has 1 amide bonds. The number of benzene rings is 1. The number of H-pyrrole nitrogens is 1. The second-order valence-corrected chi connectivity index (χ2v) is 4.95. The minimum absolute atomic E-state index is 0.0824. The van der Waals surface area contributed by atoms with Gasteiger partial charge < -0.3 is 15.4 Å². The number of nitrogens with zero attached hydrogens (tertiary/aromatic N) is 1. The number of aryl methyl sites for hydroxylation is 1. The number of imidazole rings is 1. The number of alkyl halides is 3. The summed E-state index contributed by atoms with van der Waals surface area (Å²) >= 11 is 0. The summed E-state index contributed by atoms with van der Waals surface area (Å²) in [6.45, 7) is 1.67. The van der Waals surface area contributed by atoms with Gasteiger partial charge >= 0.3 is 6.18 Å². The Kier molecular flexibility index (Phi) is 5.05. The van der Waals surface area contributed by atoms with Gasteiger partial charge in [-0.15, -0.1) is 0 Å². The molecule has 1 aromatic carbocycles. The number of nitrogens with one attached hydrogen (secondary N) is 2. The van der Waals surface area contributed by atoms with Gasteiger partial charge in [0.1, 0.15) is 11.5 Å². The zero-order chi connectivity index (χ0) is 17.0. The Hall–Kier alpha value is -2.35. The first-order valence-corrected chi connectivity index (χ1v) is 6.98. The molecule has 1 heterocycles. The Balaban J connectivity index is 1.99. The highest BCUT2D eigenvalue weighted by Crippen LogP contribution is 2.30. The monoisotopic (exact) mass is 327 g/mol. The van der Waals surface area contributed by atoms with Crippen molar-refractivity contribution >= 4 is 5.91 Å². The van der Waals surface area contributed by atoms with Crippen molar-refractivity contribution in [2.24, 2.45) is 0 Å². The number of carbonyl (C=O) groups excluding carboxylic acids is 1. The fourth-order valence-electron chi connectivity index (χ4n) is 1.98. The second-order valence-electron chi connectivity index (χ2n) is 4.95. The second kappa shape index (κ2) is 6.82. The van der Waals surface area contributed by atoms with Gasteiger partial charge in [-0.05, 0) is 17.7 Å². The molecule has 0 radical (unpaired) electrons. The van der Waals surface area contributed by atoms with Crippen LogP contribution in [0.3, 0.4) is 0 Å². The number of hydrogen-bond acceptors (Lipinski definition) is 3. The zero-order valence-corrected chi connectivity index (χ0v) is 12.3. The van der Waals surface area contributed by atoms with Crippen LogP contribution in [0, 0.1) is 0 Å². The summed E-state index contributed by atoms with van der Waals surface area (Å²) in [6.07, 6.45) is -3.72. The maximum atomic E-state index is 12.6. The van der Waals surface area contributed by atoms with Crippen LogP contribution in [0.15, 0.2) is 30.5 Å². The number of aromatic amines is 1. The number of aliphatic hydroxyl groups excluding tert-OH is 1. The van der Waals surface area contributed by atoms with Crippen LogP contribution in [-0.2, 0) is 12.6 Å². The van der Waals surface area contributed by atoms with Crippen LogP contribution in [0.5, 0.6) is 0 Å². The molecule has 0 aliphatic heterocycles. The topological polar surface area (TPSA) is 78.0 Å². The number of aliphatic hydroxyl groups is 1. The minimum atomic E-state index is -4.48. The third-order valence-electron chi connectivity index (χ3n) is 3.26. The third-order valence-corrected chi connectivity index (χ3v) is 3.26. The minimum Gasteiger partial charge on any atom is -0.387 e. The molecule has 8 heteroatoms. The molecular formula is C15H16F3N3O2. The third kappa shape index (κ3) is 4.32. The van der Waals surface area contributed by atoms with Crippen LogP contribution < -0.4 is 5.32 Å².